The monoisotopic (exact) mass is 538 g/mol. The molecule has 0 saturated heterocycles. The van der Waals surface area contributed by atoms with Gasteiger partial charge >= 0.3 is 0 Å². The molecule has 39 heavy (non-hydrogen) atoms. The minimum Gasteiger partial charge on any atom is -0.495 e. The summed E-state index contributed by atoms with van der Waals surface area (Å²) in [4.78, 5) is 26.4. The number of allylic oxidation sites excluding steroid dienone is 2. The molecule has 0 unspecified atom stereocenters. The van der Waals surface area contributed by atoms with E-state index in [1.54, 1.807) is 26.2 Å². The van der Waals surface area contributed by atoms with Gasteiger partial charge in [0.1, 0.15) is 5.75 Å². The number of nitrogens with zero attached hydrogens (tertiary/aromatic N) is 1. The van der Waals surface area contributed by atoms with Crippen molar-refractivity contribution in [2.75, 3.05) is 23.5 Å². The molecule has 0 spiro atoms. The Hall–Kier alpha value is -4.48. The standard InChI is InChI=1S/C31H30N4O3S/c1-19-14-15-23(16-20(19)2)34-27(36)18-39-31-24(17-32)29(22-10-6-5-7-11-22)28(21(3)33-31)30(37)35-25-12-8-9-13-26(25)38-4/h5-16,29,33H,18H2,1-4H3,(H,34,36)(H,35,37)/t29-/m1/s1. The van der Waals surface area contributed by atoms with Gasteiger partial charge in [0.15, 0.2) is 0 Å². The Morgan fingerprint density at radius 2 is 1.69 bits per heavy atom. The number of hydrogen-bond donors (Lipinski definition) is 3. The van der Waals surface area contributed by atoms with Gasteiger partial charge in [0.2, 0.25) is 5.91 Å². The fourth-order valence-corrected chi connectivity index (χ4v) is 5.29. The number of amides is 2. The highest BCUT2D eigenvalue weighted by atomic mass is 32.2. The molecule has 0 aromatic heterocycles. The van der Waals surface area contributed by atoms with E-state index >= 15 is 0 Å². The number of carbonyl (C=O) groups is 2. The number of nitriles is 1. The molecule has 0 saturated carbocycles. The maximum atomic E-state index is 13.7. The highest BCUT2D eigenvalue weighted by Crippen LogP contribution is 2.41. The van der Waals surface area contributed by atoms with Crippen LogP contribution in [-0.2, 0) is 9.59 Å². The first kappa shape index (κ1) is 27.6. The fraction of sp³-hybridized carbons (Fsp3) is 0.194. The number of benzene rings is 3. The van der Waals surface area contributed by atoms with E-state index < -0.39 is 5.92 Å². The third-order valence-electron chi connectivity index (χ3n) is 6.52. The molecule has 198 valence electrons. The number of methoxy groups -OCH3 is 1. The number of para-hydroxylation sites is 2. The lowest BCUT2D eigenvalue weighted by Crippen LogP contribution is -2.31. The molecular formula is C31H30N4O3S. The minimum atomic E-state index is -0.613. The topological polar surface area (TPSA) is 103 Å². The number of aryl methyl sites for hydroxylation is 2. The summed E-state index contributed by atoms with van der Waals surface area (Å²) < 4.78 is 5.39. The lowest BCUT2D eigenvalue weighted by atomic mass is 9.82. The van der Waals surface area contributed by atoms with E-state index in [4.69, 9.17) is 4.74 Å². The van der Waals surface area contributed by atoms with Crippen molar-refractivity contribution in [1.29, 1.82) is 5.26 Å². The van der Waals surface area contributed by atoms with E-state index in [1.165, 1.54) is 11.8 Å². The number of thioether (sulfide) groups is 1. The van der Waals surface area contributed by atoms with E-state index in [0.29, 0.717) is 33.3 Å². The number of carbonyl (C=O) groups excluding carboxylic acids is 2. The maximum Gasteiger partial charge on any atom is 0.254 e. The van der Waals surface area contributed by atoms with E-state index in [2.05, 4.69) is 22.0 Å². The summed E-state index contributed by atoms with van der Waals surface area (Å²) in [5, 5.41) is 19.9. The highest BCUT2D eigenvalue weighted by Gasteiger charge is 2.35. The van der Waals surface area contributed by atoms with Crippen LogP contribution in [0.2, 0.25) is 0 Å². The lowest BCUT2D eigenvalue weighted by Gasteiger charge is -2.30. The Balaban J connectivity index is 1.61. The molecule has 3 aromatic carbocycles. The van der Waals surface area contributed by atoms with Gasteiger partial charge in [-0.3, -0.25) is 9.59 Å². The van der Waals surface area contributed by atoms with Crippen molar-refractivity contribution >= 4 is 35.0 Å². The largest absolute Gasteiger partial charge is 0.495 e. The molecule has 1 aliphatic rings. The van der Waals surface area contributed by atoms with Crippen LogP contribution in [-0.4, -0.2) is 24.7 Å². The van der Waals surface area contributed by atoms with Crippen LogP contribution in [0.3, 0.4) is 0 Å². The first-order valence-corrected chi connectivity index (χ1v) is 13.4. The molecule has 2 amide bonds. The Kier molecular flexibility index (Phi) is 8.74. The molecule has 1 heterocycles. The highest BCUT2D eigenvalue weighted by molar-refractivity contribution is 8.03. The van der Waals surface area contributed by atoms with Gasteiger partial charge in [0.25, 0.3) is 5.91 Å². The summed E-state index contributed by atoms with van der Waals surface area (Å²) >= 11 is 1.24. The number of rotatable bonds is 8. The molecule has 0 bridgehead atoms. The number of anilines is 2. The summed E-state index contributed by atoms with van der Waals surface area (Å²) in [6.07, 6.45) is 0. The molecule has 3 N–H and O–H groups in total. The summed E-state index contributed by atoms with van der Waals surface area (Å²) in [6.45, 7) is 5.82. The molecule has 1 aliphatic heterocycles. The summed E-state index contributed by atoms with van der Waals surface area (Å²) in [7, 11) is 1.54. The fourth-order valence-electron chi connectivity index (χ4n) is 4.40. The molecule has 4 rings (SSSR count). The van der Waals surface area contributed by atoms with Crippen molar-refractivity contribution in [3.05, 3.63) is 111 Å². The molecule has 0 fully saturated rings. The Morgan fingerprint density at radius 3 is 2.38 bits per heavy atom. The zero-order valence-corrected chi connectivity index (χ0v) is 23.1. The summed E-state index contributed by atoms with van der Waals surface area (Å²) in [5.74, 6) is -0.517. The van der Waals surface area contributed by atoms with Crippen molar-refractivity contribution in [3.8, 4) is 11.8 Å². The van der Waals surface area contributed by atoms with Crippen molar-refractivity contribution < 1.29 is 14.3 Å². The molecule has 0 radical (unpaired) electrons. The molecule has 3 aromatic rings. The zero-order valence-electron chi connectivity index (χ0n) is 22.3. The van der Waals surface area contributed by atoms with Crippen LogP contribution in [0, 0.1) is 25.2 Å². The number of hydrogen-bond acceptors (Lipinski definition) is 6. The van der Waals surface area contributed by atoms with Crippen LogP contribution in [0.4, 0.5) is 11.4 Å². The molecule has 0 aliphatic carbocycles. The van der Waals surface area contributed by atoms with Gasteiger partial charge in [-0.25, -0.2) is 0 Å². The van der Waals surface area contributed by atoms with Crippen molar-refractivity contribution in [1.82, 2.24) is 5.32 Å². The first-order chi connectivity index (χ1) is 18.8. The molecular weight excluding hydrogens is 508 g/mol. The van der Waals surface area contributed by atoms with Crippen molar-refractivity contribution in [2.24, 2.45) is 0 Å². The van der Waals surface area contributed by atoms with Gasteiger partial charge in [0, 0.05) is 17.0 Å². The average molecular weight is 539 g/mol. The second-order valence-electron chi connectivity index (χ2n) is 9.15. The first-order valence-electron chi connectivity index (χ1n) is 12.4. The molecule has 1 atom stereocenters. The smallest absolute Gasteiger partial charge is 0.254 e. The predicted octanol–water partition coefficient (Wildman–Crippen LogP) is 6.02. The molecule has 8 heteroatoms. The van der Waals surface area contributed by atoms with Crippen LogP contribution >= 0.6 is 11.8 Å². The normalized spacial score (nSPS) is 14.8. The number of dihydropyridines is 1. The minimum absolute atomic E-state index is 0.0952. The van der Waals surface area contributed by atoms with Crippen LogP contribution < -0.4 is 20.7 Å². The Labute approximate surface area is 233 Å². The van der Waals surface area contributed by atoms with Crippen molar-refractivity contribution in [3.63, 3.8) is 0 Å². The lowest BCUT2D eigenvalue weighted by molar-refractivity contribution is -0.114. The van der Waals surface area contributed by atoms with E-state index in [9.17, 15) is 14.9 Å². The quantitative estimate of drug-likeness (QED) is 0.324. The molecule has 7 nitrogen and oxygen atoms in total. The van der Waals surface area contributed by atoms with Gasteiger partial charge < -0.3 is 20.7 Å². The summed E-state index contributed by atoms with van der Waals surface area (Å²) in [5.41, 5.74) is 5.70. The van der Waals surface area contributed by atoms with E-state index in [-0.39, 0.29) is 17.6 Å². The second-order valence-corrected chi connectivity index (χ2v) is 10.1. The number of ether oxygens (including phenoxy) is 1. The van der Waals surface area contributed by atoms with E-state index in [1.807, 2.05) is 74.5 Å². The maximum absolute atomic E-state index is 13.7. The zero-order chi connectivity index (χ0) is 27.9. The van der Waals surface area contributed by atoms with Crippen LogP contribution in [0.25, 0.3) is 0 Å². The van der Waals surface area contributed by atoms with Crippen LogP contribution in [0.5, 0.6) is 5.75 Å². The van der Waals surface area contributed by atoms with Gasteiger partial charge in [0.05, 0.1) is 41.1 Å². The third-order valence-corrected chi connectivity index (χ3v) is 7.54. The van der Waals surface area contributed by atoms with Gasteiger partial charge in [-0.15, -0.1) is 0 Å². The van der Waals surface area contributed by atoms with Gasteiger partial charge in [-0.2, -0.15) is 5.26 Å². The Bertz CT molecular complexity index is 1510. The van der Waals surface area contributed by atoms with Crippen LogP contribution in [0.15, 0.2) is 94.7 Å². The van der Waals surface area contributed by atoms with Gasteiger partial charge in [-0.05, 0) is 61.7 Å². The predicted molar refractivity (Wildman–Crippen MR) is 156 cm³/mol. The van der Waals surface area contributed by atoms with Crippen LogP contribution in [0.1, 0.15) is 29.5 Å². The SMILES string of the molecule is COc1ccccc1NC(=O)C1=C(C)NC(SCC(=O)Nc2ccc(C)c(C)c2)=C(C#N)[C@H]1c1ccccc1. The van der Waals surface area contributed by atoms with E-state index in [0.717, 1.165) is 22.4 Å². The number of nitrogens with one attached hydrogen (secondary N) is 3. The second kappa shape index (κ2) is 12.4. The summed E-state index contributed by atoms with van der Waals surface area (Å²) in [6, 6.07) is 24.7. The third kappa shape index (κ3) is 6.33. The average Bonchev–Trinajstić information content (AvgIpc) is 2.94. The van der Waals surface area contributed by atoms with Crippen molar-refractivity contribution in [2.45, 2.75) is 26.7 Å². The Morgan fingerprint density at radius 1 is 0.974 bits per heavy atom. The van der Waals surface area contributed by atoms with Gasteiger partial charge in [-0.1, -0.05) is 60.3 Å².